The van der Waals surface area contributed by atoms with Gasteiger partial charge in [-0.1, -0.05) is 0 Å². The van der Waals surface area contributed by atoms with Gasteiger partial charge in [0, 0.05) is 17.4 Å². The molecule has 0 amide bonds. The van der Waals surface area contributed by atoms with Crippen molar-refractivity contribution in [3.63, 3.8) is 0 Å². The van der Waals surface area contributed by atoms with Crippen molar-refractivity contribution < 1.29 is 138 Å². The van der Waals surface area contributed by atoms with E-state index in [0.29, 0.717) is 0 Å². The molecule has 0 unspecified atom stereocenters. The monoisotopic (exact) mass is 389 g/mol. The summed E-state index contributed by atoms with van der Waals surface area (Å²) in [6.45, 7) is 0. The first-order valence-electron chi connectivity index (χ1n) is 1.33. The van der Waals surface area contributed by atoms with Crippen LogP contribution < -0.4 is 68.0 Å². The van der Waals surface area contributed by atoms with Gasteiger partial charge in [-0.3, -0.25) is 0 Å². The Labute approximate surface area is 152 Å². The van der Waals surface area contributed by atoms with Crippen molar-refractivity contribution in [2.75, 3.05) is 0 Å². The summed E-state index contributed by atoms with van der Waals surface area (Å²) in [7, 11) is 0. The summed E-state index contributed by atoms with van der Waals surface area (Å²) in [5, 5.41) is 0. The van der Waals surface area contributed by atoms with E-state index < -0.39 is 27.2 Å². The number of hydrogen-bond acceptors (Lipinski definition) is 8. The maximum Gasteiger partial charge on any atom is 4.00 e. The summed E-state index contributed by atoms with van der Waals surface area (Å²) in [6.07, 6.45) is 0. The molecule has 0 aromatic carbocycles. The molecule has 0 fully saturated rings. The Kier molecular flexibility index (Phi) is 30.3. The Morgan fingerprint density at radius 2 is 0.769 bits per heavy atom. The van der Waals surface area contributed by atoms with Crippen molar-refractivity contribution >= 4 is 17.4 Å². The van der Waals surface area contributed by atoms with E-state index in [0.717, 1.165) is 0 Å². The van der Waals surface area contributed by atoms with Crippen LogP contribution in [-0.4, -0.2) is 17.4 Å². The van der Waals surface area contributed by atoms with Gasteiger partial charge in [-0.2, -0.15) is 0 Å². The van der Waals surface area contributed by atoms with Gasteiger partial charge in [-0.05, 0) is 0 Å². The smallest absolute Gasteiger partial charge is 4.00 e. The summed E-state index contributed by atoms with van der Waals surface area (Å²) in [5.41, 5.74) is 0. The molecule has 0 aliphatic carbocycles. The molecule has 0 N–H and O–H groups in total. The molecular weight excluding hydrogens is 389 g/mol. The predicted octanol–water partition coefficient (Wildman–Crippen LogP) is -8.50. The minimum Gasteiger partial charge on any atom is 4.00 e. The molecule has 0 spiro atoms. The molecule has 0 aliphatic heterocycles. The van der Waals surface area contributed by atoms with Gasteiger partial charge in [0.2, 0.25) is 0 Å². The molecule has 0 aromatic heterocycles. The molecule has 0 rings (SSSR count). The van der Waals surface area contributed by atoms with Crippen LogP contribution in [0.1, 0.15) is 1.43 Å². The Bertz CT molecular complexity index is 224. The van der Waals surface area contributed by atoms with Crippen LogP contribution in [0, 0.1) is 0 Å². The summed E-state index contributed by atoms with van der Waals surface area (Å²) in [4.78, 5) is 0. The van der Waals surface area contributed by atoms with Crippen LogP contribution in [0.4, 0.5) is 0 Å². The van der Waals surface area contributed by atoms with Gasteiger partial charge in [0.15, 0.2) is 0 Å². The zero-order valence-electron chi connectivity index (χ0n) is 7.16. The number of hydrogen-bond donors (Lipinski definition) is 0. The molecule has 13 heteroatoms. The molecule has 0 atom stereocenters. The van der Waals surface area contributed by atoms with Gasteiger partial charge in [-0.15, -0.1) is 0 Å². The van der Waals surface area contributed by atoms with Crippen LogP contribution in [0.5, 0.6) is 0 Å². The molecule has 0 saturated heterocycles. The molecular formula is HAlCr2KO8Zr. The maximum absolute atomic E-state index is 8.59. The fourth-order valence-electron chi connectivity index (χ4n) is 0. The quantitative estimate of drug-likeness (QED) is 0.369. The molecule has 3 radical (unpaired) electrons. The van der Waals surface area contributed by atoms with Gasteiger partial charge in [0.25, 0.3) is 0 Å². The third-order valence-corrected chi connectivity index (χ3v) is 0. The first-order chi connectivity index (χ1) is 4.00. The summed E-state index contributed by atoms with van der Waals surface area (Å²) in [5.74, 6) is 0. The van der Waals surface area contributed by atoms with E-state index in [-0.39, 0.29) is 96.4 Å². The van der Waals surface area contributed by atoms with E-state index in [2.05, 4.69) is 0 Å². The number of rotatable bonds is 0. The Balaban J connectivity index is -0.0000000178. The second-order valence-electron chi connectivity index (χ2n) is 0.816. The Morgan fingerprint density at radius 1 is 0.769 bits per heavy atom. The van der Waals surface area contributed by atoms with Crippen molar-refractivity contribution in [1.29, 1.82) is 0 Å². The second kappa shape index (κ2) is 13.2. The van der Waals surface area contributed by atoms with Crippen LogP contribution in [-0.2, 0) is 68.6 Å². The second-order valence-corrected chi connectivity index (χ2v) is 3.37. The van der Waals surface area contributed by atoms with Crippen molar-refractivity contribution in [3.8, 4) is 0 Å². The molecule has 0 heterocycles. The van der Waals surface area contributed by atoms with E-state index in [9.17, 15) is 0 Å². The van der Waals surface area contributed by atoms with Gasteiger partial charge in [0.05, 0.1) is 0 Å². The average molecular weight is 390 g/mol. The Morgan fingerprint density at radius 3 is 0.769 bits per heavy atom. The summed E-state index contributed by atoms with van der Waals surface area (Å²) >= 11 is -11.5. The molecule has 0 saturated carbocycles. The standard InChI is InChI=1S/Al.2Cr.K.8O.Zr.H/q;;;+1;;;;;4*-1;+4;-1. The van der Waals surface area contributed by atoms with E-state index in [1.54, 1.807) is 0 Å². The predicted molar refractivity (Wildman–Crippen MR) is 9.61 cm³/mol. The minimum atomic E-state index is -5.75. The molecule has 8 nitrogen and oxygen atoms in total. The Hall–Kier alpha value is 3.16. The molecule has 0 aliphatic rings. The van der Waals surface area contributed by atoms with Crippen molar-refractivity contribution in [1.82, 2.24) is 0 Å². The molecule has 13 heavy (non-hydrogen) atoms. The molecule has 0 aromatic rings. The van der Waals surface area contributed by atoms with E-state index in [4.69, 9.17) is 31.8 Å². The third-order valence-electron chi connectivity index (χ3n) is 0. The summed E-state index contributed by atoms with van der Waals surface area (Å²) < 4.78 is 68.8. The largest absolute Gasteiger partial charge is 4.00 e. The normalized spacial score (nSPS) is 8.92. The van der Waals surface area contributed by atoms with Crippen LogP contribution in [0.3, 0.4) is 0 Å². The third kappa shape index (κ3) is 263. The van der Waals surface area contributed by atoms with Crippen molar-refractivity contribution in [3.05, 3.63) is 0 Å². The van der Waals surface area contributed by atoms with Gasteiger partial charge in [0.1, 0.15) is 0 Å². The zero-order chi connectivity index (χ0) is 9.00. The van der Waals surface area contributed by atoms with Gasteiger partial charge in [-0.25, -0.2) is 0 Å². The van der Waals surface area contributed by atoms with Crippen molar-refractivity contribution in [2.45, 2.75) is 0 Å². The fraction of sp³-hybridized carbons (Fsp3) is 0. The molecule has 69 valence electrons. The van der Waals surface area contributed by atoms with E-state index in [1.165, 1.54) is 0 Å². The van der Waals surface area contributed by atoms with Gasteiger partial charge < -0.3 is 1.43 Å². The van der Waals surface area contributed by atoms with Crippen LogP contribution in [0.15, 0.2) is 0 Å². The first-order valence-corrected chi connectivity index (χ1v) is 5.50. The van der Waals surface area contributed by atoms with Crippen LogP contribution in [0.2, 0.25) is 0 Å². The zero-order valence-corrected chi connectivity index (χ0v) is 15.4. The van der Waals surface area contributed by atoms with Gasteiger partial charge >= 0.3 is 137 Å². The van der Waals surface area contributed by atoms with Crippen LogP contribution in [0.25, 0.3) is 0 Å². The first kappa shape index (κ1) is 29.8. The summed E-state index contributed by atoms with van der Waals surface area (Å²) in [6, 6.07) is 0. The topological polar surface area (TPSA) is 161 Å². The van der Waals surface area contributed by atoms with Crippen LogP contribution >= 0.6 is 0 Å². The minimum absolute atomic E-state index is 0. The average Bonchev–Trinajstić information content (AvgIpc) is 1.12. The van der Waals surface area contributed by atoms with E-state index >= 15 is 0 Å². The SMILES string of the molecule is [Al].[H-].[K+].[O]=[Cr](=[O])([O-])[O-].[O]=[Cr](=[O])([O-])[O-].[Zr+4]. The van der Waals surface area contributed by atoms with E-state index in [1.807, 2.05) is 0 Å². The maximum atomic E-state index is 8.59. The van der Waals surface area contributed by atoms with Crippen molar-refractivity contribution in [2.24, 2.45) is 0 Å². The fourth-order valence-corrected chi connectivity index (χ4v) is 0. The molecule has 0 bridgehead atoms.